The Kier molecular flexibility index (Phi) is 6.40. The van der Waals surface area contributed by atoms with Crippen LogP contribution in [0, 0.1) is 26.7 Å². The number of ether oxygens (including phenoxy) is 1. The normalized spacial score (nSPS) is 24.1. The summed E-state index contributed by atoms with van der Waals surface area (Å²) < 4.78 is 34.8. The monoisotopic (exact) mass is 446 g/mol. The van der Waals surface area contributed by atoms with Gasteiger partial charge in [-0.2, -0.15) is 5.10 Å². The second kappa shape index (κ2) is 9.08. The Morgan fingerprint density at radius 1 is 1.22 bits per heavy atom. The van der Waals surface area contributed by atoms with Crippen molar-refractivity contribution in [1.82, 2.24) is 14.7 Å². The summed E-state index contributed by atoms with van der Waals surface area (Å²) in [6, 6.07) is 6.56. The van der Waals surface area contributed by atoms with Gasteiger partial charge in [0.25, 0.3) is 12.3 Å². The molecule has 2 aromatic rings. The first-order valence-corrected chi connectivity index (χ1v) is 11.4. The minimum Gasteiger partial charge on any atom is -0.481 e. The third kappa shape index (κ3) is 4.59. The summed E-state index contributed by atoms with van der Waals surface area (Å²) in [5.41, 5.74) is 3.01. The number of fused-ring (bicyclic) bond motifs is 1. The number of hydrogen-bond acceptors (Lipinski definition) is 4. The summed E-state index contributed by atoms with van der Waals surface area (Å²) in [5, 5.41) is 7.65. The molecule has 0 saturated carbocycles. The average Bonchev–Trinajstić information content (AvgIpc) is 3.15. The van der Waals surface area contributed by atoms with Crippen molar-refractivity contribution in [2.24, 2.45) is 5.92 Å². The van der Waals surface area contributed by atoms with Crippen LogP contribution in [0.2, 0.25) is 0 Å². The van der Waals surface area contributed by atoms with Gasteiger partial charge in [-0.1, -0.05) is 6.07 Å². The van der Waals surface area contributed by atoms with Gasteiger partial charge in [-0.25, -0.2) is 13.5 Å². The quantitative estimate of drug-likeness (QED) is 0.735. The van der Waals surface area contributed by atoms with Gasteiger partial charge in [0.15, 0.2) is 6.10 Å². The summed E-state index contributed by atoms with van der Waals surface area (Å²) in [5.74, 6) is 1.36. The molecule has 0 unspecified atom stereocenters. The Morgan fingerprint density at radius 2 is 2.00 bits per heavy atom. The van der Waals surface area contributed by atoms with E-state index >= 15 is 0 Å². The molecular formula is C24H32F2N4O2. The summed E-state index contributed by atoms with van der Waals surface area (Å²) >= 11 is 0. The van der Waals surface area contributed by atoms with Crippen LogP contribution >= 0.6 is 0 Å². The number of carbonyl (C=O) groups excluding carboxylic acids is 1. The van der Waals surface area contributed by atoms with E-state index in [9.17, 15) is 13.6 Å². The zero-order valence-electron chi connectivity index (χ0n) is 19.1. The van der Waals surface area contributed by atoms with Crippen LogP contribution in [-0.2, 0) is 4.79 Å². The summed E-state index contributed by atoms with van der Waals surface area (Å²) in [6.45, 7) is 8.84. The number of amides is 1. The van der Waals surface area contributed by atoms with Crippen LogP contribution in [0.25, 0.3) is 0 Å². The first-order valence-electron chi connectivity index (χ1n) is 11.4. The number of benzene rings is 1. The highest BCUT2D eigenvalue weighted by atomic mass is 19.3. The van der Waals surface area contributed by atoms with E-state index in [4.69, 9.17) is 4.74 Å². The number of aryl methyl sites for hydroxylation is 3. The first-order chi connectivity index (χ1) is 15.2. The van der Waals surface area contributed by atoms with Gasteiger partial charge in [0.05, 0.1) is 5.69 Å². The lowest BCUT2D eigenvalue weighted by Gasteiger charge is -2.41. The molecule has 2 aliphatic heterocycles. The third-order valence-corrected chi connectivity index (χ3v) is 6.77. The predicted molar refractivity (Wildman–Crippen MR) is 119 cm³/mol. The van der Waals surface area contributed by atoms with E-state index in [1.807, 2.05) is 49.9 Å². The van der Waals surface area contributed by atoms with E-state index in [0.29, 0.717) is 31.1 Å². The summed E-state index contributed by atoms with van der Waals surface area (Å²) in [6.07, 6.45) is -1.04. The van der Waals surface area contributed by atoms with Gasteiger partial charge < -0.3 is 15.0 Å². The Balaban J connectivity index is 1.42. The molecule has 8 heteroatoms. The Bertz CT molecular complexity index is 977. The maximum atomic E-state index is 13.8. The number of piperidine rings is 1. The molecule has 4 rings (SSSR count). The molecule has 1 aromatic heterocycles. The second-order valence-electron chi connectivity index (χ2n) is 9.20. The van der Waals surface area contributed by atoms with E-state index < -0.39 is 18.6 Å². The molecule has 0 bridgehead atoms. The van der Waals surface area contributed by atoms with Crippen LogP contribution in [0.4, 0.5) is 14.6 Å². The topological polar surface area (TPSA) is 59.4 Å². The number of anilines is 1. The van der Waals surface area contributed by atoms with Crippen LogP contribution in [0.5, 0.6) is 5.75 Å². The lowest BCUT2D eigenvalue weighted by molar-refractivity contribution is -0.140. The van der Waals surface area contributed by atoms with Gasteiger partial charge in [0.2, 0.25) is 0 Å². The Hall–Kier alpha value is -2.64. The Morgan fingerprint density at radius 3 is 2.72 bits per heavy atom. The zero-order valence-corrected chi connectivity index (χ0v) is 19.1. The van der Waals surface area contributed by atoms with Gasteiger partial charge in [0.1, 0.15) is 17.6 Å². The lowest BCUT2D eigenvalue weighted by atomic mass is 9.86. The van der Waals surface area contributed by atoms with Crippen molar-refractivity contribution >= 4 is 11.7 Å². The van der Waals surface area contributed by atoms with E-state index in [0.717, 1.165) is 24.1 Å². The number of nitrogens with one attached hydrogen (secondary N) is 1. The highest BCUT2D eigenvalue weighted by Gasteiger charge is 2.39. The smallest absolute Gasteiger partial charge is 0.263 e. The number of rotatable bonds is 5. The van der Waals surface area contributed by atoms with Crippen molar-refractivity contribution in [2.45, 2.75) is 71.6 Å². The second-order valence-corrected chi connectivity index (χ2v) is 9.20. The molecule has 1 N–H and O–H groups in total. The van der Waals surface area contributed by atoms with Crippen molar-refractivity contribution in [3.63, 3.8) is 0 Å². The summed E-state index contributed by atoms with van der Waals surface area (Å²) in [7, 11) is 0. The highest BCUT2D eigenvalue weighted by Crippen LogP contribution is 2.36. The molecule has 32 heavy (non-hydrogen) atoms. The molecule has 1 amide bonds. The van der Waals surface area contributed by atoms with E-state index in [2.05, 4.69) is 10.4 Å². The number of aromatic nitrogens is 2. The third-order valence-electron chi connectivity index (χ3n) is 6.77. The number of alkyl halides is 2. The standard InChI is InChI=1S/C24H32F2N4O2/c1-14-7-8-19(10-15(14)2)32-17(4)24(31)29-9-5-6-18(13-29)20-12-21(23(25)26)30-22(27-20)11-16(3)28-30/h7-8,10-11,17-18,20-21,23,27H,5-6,9,12-13H2,1-4H3/t17-,18-,20-,21+/m0/s1. The van der Waals surface area contributed by atoms with E-state index in [1.54, 1.807) is 6.92 Å². The van der Waals surface area contributed by atoms with Crippen molar-refractivity contribution < 1.29 is 18.3 Å². The Labute approximate surface area is 187 Å². The fraction of sp³-hybridized carbons (Fsp3) is 0.583. The van der Waals surface area contributed by atoms with Crippen LogP contribution in [-0.4, -0.2) is 52.2 Å². The first kappa shape index (κ1) is 22.6. The average molecular weight is 447 g/mol. The SMILES string of the molecule is Cc1cc2n(n1)[C@@H](C(F)F)C[C@@H]([C@H]1CCCN(C(=O)[C@H](C)Oc3ccc(C)c(C)c3)C1)N2. The van der Waals surface area contributed by atoms with Crippen LogP contribution in [0.1, 0.15) is 49.0 Å². The molecule has 1 saturated heterocycles. The van der Waals surface area contributed by atoms with Gasteiger partial charge in [-0.15, -0.1) is 0 Å². The maximum absolute atomic E-state index is 13.8. The minimum atomic E-state index is -2.48. The van der Waals surface area contributed by atoms with Gasteiger partial charge in [0, 0.05) is 25.2 Å². The van der Waals surface area contributed by atoms with Crippen molar-refractivity contribution in [1.29, 1.82) is 0 Å². The minimum absolute atomic E-state index is 0.0602. The number of likely N-dealkylation sites (tertiary alicyclic amines) is 1. The van der Waals surface area contributed by atoms with Crippen LogP contribution < -0.4 is 10.1 Å². The number of halogens is 2. The van der Waals surface area contributed by atoms with E-state index in [1.165, 1.54) is 10.2 Å². The molecular weight excluding hydrogens is 414 g/mol. The number of nitrogens with zero attached hydrogens (tertiary/aromatic N) is 3. The van der Waals surface area contributed by atoms with Gasteiger partial charge >= 0.3 is 0 Å². The van der Waals surface area contributed by atoms with Gasteiger partial charge in [-0.3, -0.25) is 4.79 Å². The molecule has 1 fully saturated rings. The molecule has 6 nitrogen and oxygen atoms in total. The predicted octanol–water partition coefficient (Wildman–Crippen LogP) is 4.50. The van der Waals surface area contributed by atoms with Crippen LogP contribution in [0.3, 0.4) is 0 Å². The van der Waals surface area contributed by atoms with Crippen molar-refractivity contribution in [3.8, 4) is 5.75 Å². The molecule has 2 aliphatic rings. The molecule has 3 heterocycles. The van der Waals surface area contributed by atoms with E-state index in [-0.39, 0.29) is 17.9 Å². The highest BCUT2D eigenvalue weighted by molar-refractivity contribution is 5.81. The zero-order chi connectivity index (χ0) is 23.0. The van der Waals surface area contributed by atoms with Gasteiger partial charge in [-0.05, 0) is 76.1 Å². The fourth-order valence-corrected chi connectivity index (χ4v) is 4.84. The molecule has 4 atom stereocenters. The van der Waals surface area contributed by atoms with Crippen molar-refractivity contribution in [3.05, 3.63) is 41.1 Å². The largest absolute Gasteiger partial charge is 0.481 e. The molecule has 174 valence electrons. The molecule has 0 aliphatic carbocycles. The summed E-state index contributed by atoms with van der Waals surface area (Å²) in [4.78, 5) is 14.9. The molecule has 0 spiro atoms. The number of hydrogen-bond donors (Lipinski definition) is 1. The molecule has 1 aromatic carbocycles. The van der Waals surface area contributed by atoms with Crippen molar-refractivity contribution in [2.75, 3.05) is 18.4 Å². The maximum Gasteiger partial charge on any atom is 0.263 e. The van der Waals surface area contributed by atoms with Crippen LogP contribution in [0.15, 0.2) is 24.3 Å². The number of carbonyl (C=O) groups is 1. The fourth-order valence-electron chi connectivity index (χ4n) is 4.84. The molecule has 0 radical (unpaired) electrons. The lowest BCUT2D eigenvalue weighted by Crippen LogP contribution is -2.50.